The van der Waals surface area contributed by atoms with E-state index in [9.17, 15) is 4.79 Å². The number of carbonyl (C=O) groups excluding carboxylic acids is 1. The molecular weight excluding hydrogens is 324 g/mol. The molecule has 1 aliphatic heterocycles. The summed E-state index contributed by atoms with van der Waals surface area (Å²) in [5.41, 5.74) is 2.55. The van der Waals surface area contributed by atoms with Crippen LogP contribution in [0, 0.1) is 6.92 Å². The first-order valence-corrected chi connectivity index (χ1v) is 9.40. The number of aryl methyl sites for hydroxylation is 1. The van der Waals surface area contributed by atoms with Crippen molar-refractivity contribution in [2.75, 3.05) is 32.7 Å². The molecule has 2 aromatic rings. The van der Waals surface area contributed by atoms with Gasteiger partial charge >= 0.3 is 0 Å². The molecule has 4 nitrogen and oxygen atoms in total. The Balaban J connectivity index is 1.43. The molecule has 26 heavy (non-hydrogen) atoms. The van der Waals surface area contributed by atoms with Crippen LogP contribution in [0.25, 0.3) is 0 Å². The number of ether oxygens (including phenoxy) is 1. The monoisotopic (exact) mass is 352 g/mol. The molecule has 138 valence electrons. The maximum atomic E-state index is 12.6. The lowest BCUT2D eigenvalue weighted by molar-refractivity contribution is -0.139. The van der Waals surface area contributed by atoms with Crippen molar-refractivity contribution in [3.05, 3.63) is 65.7 Å². The molecule has 0 bridgehead atoms. The molecule has 3 rings (SSSR count). The van der Waals surface area contributed by atoms with Crippen LogP contribution in [0.1, 0.15) is 18.1 Å². The van der Waals surface area contributed by atoms with Crippen LogP contribution in [0.3, 0.4) is 0 Å². The number of benzene rings is 2. The molecule has 1 saturated heterocycles. The van der Waals surface area contributed by atoms with Gasteiger partial charge in [0.2, 0.25) is 0 Å². The van der Waals surface area contributed by atoms with Gasteiger partial charge in [-0.25, -0.2) is 0 Å². The maximum absolute atomic E-state index is 12.6. The fourth-order valence-electron chi connectivity index (χ4n) is 3.25. The third kappa shape index (κ3) is 5.09. The predicted molar refractivity (Wildman–Crippen MR) is 104 cm³/mol. The third-order valence-corrected chi connectivity index (χ3v) is 4.93. The molecule has 1 fully saturated rings. The summed E-state index contributed by atoms with van der Waals surface area (Å²) in [7, 11) is 0. The van der Waals surface area contributed by atoms with Crippen LogP contribution in [0.5, 0.6) is 5.75 Å². The molecule has 0 aromatic heterocycles. The van der Waals surface area contributed by atoms with Crippen LogP contribution in [-0.2, 0) is 11.2 Å². The Morgan fingerprint density at radius 3 is 2.31 bits per heavy atom. The third-order valence-electron chi connectivity index (χ3n) is 4.93. The fraction of sp³-hybridized carbons (Fsp3) is 0.409. The Kier molecular flexibility index (Phi) is 6.29. The van der Waals surface area contributed by atoms with Crippen LogP contribution in [-0.4, -0.2) is 54.5 Å². The van der Waals surface area contributed by atoms with Gasteiger partial charge in [-0.3, -0.25) is 9.69 Å². The first-order chi connectivity index (χ1) is 12.6. The van der Waals surface area contributed by atoms with Gasteiger partial charge in [-0.2, -0.15) is 0 Å². The first kappa shape index (κ1) is 18.5. The number of amides is 1. The minimum absolute atomic E-state index is 0.0771. The molecule has 0 N–H and O–H groups in total. The van der Waals surface area contributed by atoms with E-state index in [2.05, 4.69) is 29.2 Å². The zero-order valence-corrected chi connectivity index (χ0v) is 15.7. The summed E-state index contributed by atoms with van der Waals surface area (Å²) >= 11 is 0. The summed E-state index contributed by atoms with van der Waals surface area (Å²) in [4.78, 5) is 17.0. The molecule has 1 atom stereocenters. The van der Waals surface area contributed by atoms with E-state index < -0.39 is 6.10 Å². The Bertz CT molecular complexity index is 692. The number of hydrogen-bond acceptors (Lipinski definition) is 3. The van der Waals surface area contributed by atoms with Gasteiger partial charge in [-0.05, 0) is 38.0 Å². The van der Waals surface area contributed by atoms with E-state index in [-0.39, 0.29) is 5.91 Å². The van der Waals surface area contributed by atoms with Crippen molar-refractivity contribution in [3.8, 4) is 5.75 Å². The maximum Gasteiger partial charge on any atom is 0.263 e. The first-order valence-electron chi connectivity index (χ1n) is 9.40. The zero-order valence-electron chi connectivity index (χ0n) is 15.7. The van der Waals surface area contributed by atoms with Gasteiger partial charge < -0.3 is 9.64 Å². The fourth-order valence-corrected chi connectivity index (χ4v) is 3.25. The van der Waals surface area contributed by atoms with Gasteiger partial charge in [0.1, 0.15) is 5.75 Å². The van der Waals surface area contributed by atoms with Crippen molar-refractivity contribution in [1.82, 2.24) is 9.80 Å². The van der Waals surface area contributed by atoms with E-state index in [0.717, 1.165) is 44.9 Å². The highest BCUT2D eigenvalue weighted by atomic mass is 16.5. The van der Waals surface area contributed by atoms with Crippen LogP contribution < -0.4 is 4.74 Å². The smallest absolute Gasteiger partial charge is 0.263 e. The SMILES string of the molecule is Cc1ccc(OC(C)C(=O)N2CCN(CCc3ccccc3)CC2)cc1. The summed E-state index contributed by atoms with van der Waals surface area (Å²) in [5, 5.41) is 0. The van der Waals surface area contributed by atoms with Crippen molar-refractivity contribution in [2.24, 2.45) is 0 Å². The van der Waals surface area contributed by atoms with Crippen LogP contribution in [0.2, 0.25) is 0 Å². The lowest BCUT2D eigenvalue weighted by atomic mass is 10.1. The normalized spacial score (nSPS) is 16.3. The Morgan fingerprint density at radius 2 is 1.65 bits per heavy atom. The Labute approximate surface area is 156 Å². The van der Waals surface area contributed by atoms with Gasteiger partial charge in [-0.1, -0.05) is 48.0 Å². The molecule has 0 saturated carbocycles. The van der Waals surface area contributed by atoms with Gasteiger partial charge in [0.15, 0.2) is 6.10 Å². The largest absolute Gasteiger partial charge is 0.481 e. The van der Waals surface area contributed by atoms with Crippen molar-refractivity contribution in [2.45, 2.75) is 26.4 Å². The van der Waals surface area contributed by atoms with Crippen molar-refractivity contribution < 1.29 is 9.53 Å². The lowest BCUT2D eigenvalue weighted by Crippen LogP contribution is -2.52. The predicted octanol–water partition coefficient (Wildman–Crippen LogP) is 3.15. The van der Waals surface area contributed by atoms with Crippen molar-refractivity contribution >= 4 is 5.91 Å². The van der Waals surface area contributed by atoms with E-state index in [1.165, 1.54) is 11.1 Å². The number of piperazine rings is 1. The summed E-state index contributed by atoms with van der Waals surface area (Å²) in [6, 6.07) is 18.4. The van der Waals surface area contributed by atoms with Gasteiger partial charge in [0.25, 0.3) is 5.91 Å². The summed E-state index contributed by atoms with van der Waals surface area (Å²) < 4.78 is 5.81. The zero-order chi connectivity index (χ0) is 18.4. The Morgan fingerprint density at radius 1 is 1.00 bits per heavy atom. The van der Waals surface area contributed by atoms with E-state index in [4.69, 9.17) is 4.74 Å². The summed E-state index contributed by atoms with van der Waals surface area (Å²) in [6.07, 6.45) is 0.607. The average Bonchev–Trinajstić information content (AvgIpc) is 2.69. The molecule has 1 aliphatic rings. The average molecular weight is 352 g/mol. The second kappa shape index (κ2) is 8.86. The topological polar surface area (TPSA) is 32.8 Å². The number of rotatable bonds is 6. The molecule has 0 spiro atoms. The minimum Gasteiger partial charge on any atom is -0.481 e. The van der Waals surface area contributed by atoms with Crippen LogP contribution >= 0.6 is 0 Å². The molecule has 0 radical (unpaired) electrons. The molecule has 1 heterocycles. The lowest BCUT2D eigenvalue weighted by Gasteiger charge is -2.35. The minimum atomic E-state index is -0.450. The molecule has 0 aliphatic carbocycles. The second-order valence-corrected chi connectivity index (χ2v) is 6.98. The van der Waals surface area contributed by atoms with Crippen molar-refractivity contribution in [1.29, 1.82) is 0 Å². The molecule has 2 aromatic carbocycles. The summed E-state index contributed by atoms with van der Waals surface area (Å²) in [6.45, 7) is 8.32. The number of nitrogens with zero attached hydrogens (tertiary/aromatic N) is 2. The summed E-state index contributed by atoms with van der Waals surface area (Å²) in [5.74, 6) is 0.825. The highest BCUT2D eigenvalue weighted by Crippen LogP contribution is 2.15. The number of carbonyl (C=O) groups is 1. The highest BCUT2D eigenvalue weighted by Gasteiger charge is 2.25. The molecule has 4 heteroatoms. The van der Waals surface area contributed by atoms with E-state index in [1.807, 2.05) is 49.1 Å². The second-order valence-electron chi connectivity index (χ2n) is 6.98. The number of hydrogen-bond donors (Lipinski definition) is 0. The molecular formula is C22H28N2O2. The van der Waals surface area contributed by atoms with Gasteiger partial charge in [-0.15, -0.1) is 0 Å². The van der Waals surface area contributed by atoms with Crippen LogP contribution in [0.4, 0.5) is 0 Å². The Hall–Kier alpha value is -2.33. The van der Waals surface area contributed by atoms with E-state index >= 15 is 0 Å². The van der Waals surface area contributed by atoms with E-state index in [1.54, 1.807) is 0 Å². The molecule has 1 amide bonds. The van der Waals surface area contributed by atoms with Crippen LogP contribution in [0.15, 0.2) is 54.6 Å². The van der Waals surface area contributed by atoms with Gasteiger partial charge in [0.05, 0.1) is 0 Å². The molecule has 1 unspecified atom stereocenters. The standard InChI is InChI=1S/C22H28N2O2/c1-18-8-10-21(11-9-18)26-19(2)22(25)24-16-14-23(15-17-24)13-12-20-6-4-3-5-7-20/h3-11,19H,12-17H2,1-2H3. The van der Waals surface area contributed by atoms with Crippen molar-refractivity contribution in [3.63, 3.8) is 0 Å². The van der Waals surface area contributed by atoms with Gasteiger partial charge in [0, 0.05) is 32.7 Å². The quantitative estimate of drug-likeness (QED) is 0.801. The van der Waals surface area contributed by atoms with E-state index in [0.29, 0.717) is 0 Å². The highest BCUT2D eigenvalue weighted by molar-refractivity contribution is 5.81.